The Morgan fingerprint density at radius 2 is 2.18 bits per heavy atom. The SMILES string of the molecule is NCc1ccc(S(=O)(=O)N(CCO)C2CC2)s1. The van der Waals surface area contributed by atoms with Crippen LogP contribution in [0.15, 0.2) is 16.3 Å². The molecule has 1 fully saturated rings. The highest BCUT2D eigenvalue weighted by atomic mass is 32.2. The topological polar surface area (TPSA) is 83.6 Å². The fraction of sp³-hybridized carbons (Fsp3) is 0.600. The van der Waals surface area contributed by atoms with Crippen molar-refractivity contribution < 1.29 is 13.5 Å². The van der Waals surface area contributed by atoms with Crippen LogP contribution in [0.25, 0.3) is 0 Å². The van der Waals surface area contributed by atoms with Gasteiger partial charge in [-0.25, -0.2) is 8.42 Å². The van der Waals surface area contributed by atoms with Gasteiger partial charge in [-0.05, 0) is 25.0 Å². The number of hydrogen-bond donors (Lipinski definition) is 2. The molecule has 1 saturated carbocycles. The Morgan fingerprint density at radius 1 is 1.47 bits per heavy atom. The summed E-state index contributed by atoms with van der Waals surface area (Å²) < 4.78 is 26.4. The summed E-state index contributed by atoms with van der Waals surface area (Å²) in [5.74, 6) is 0. The lowest BCUT2D eigenvalue weighted by Crippen LogP contribution is -2.35. The van der Waals surface area contributed by atoms with Gasteiger partial charge >= 0.3 is 0 Å². The summed E-state index contributed by atoms with van der Waals surface area (Å²) in [4.78, 5) is 0.850. The Balaban J connectivity index is 2.26. The zero-order chi connectivity index (χ0) is 12.5. The molecule has 1 heterocycles. The van der Waals surface area contributed by atoms with Crippen molar-refractivity contribution in [1.82, 2.24) is 4.31 Å². The first-order chi connectivity index (χ1) is 8.09. The van der Waals surface area contributed by atoms with E-state index >= 15 is 0 Å². The fourth-order valence-corrected chi connectivity index (χ4v) is 4.72. The third-order valence-electron chi connectivity index (χ3n) is 2.68. The lowest BCUT2D eigenvalue weighted by Gasteiger charge is -2.19. The van der Waals surface area contributed by atoms with Crippen molar-refractivity contribution >= 4 is 21.4 Å². The van der Waals surface area contributed by atoms with Gasteiger partial charge in [-0.1, -0.05) is 0 Å². The van der Waals surface area contributed by atoms with E-state index in [2.05, 4.69) is 0 Å². The molecule has 0 atom stereocenters. The molecule has 7 heteroatoms. The highest BCUT2D eigenvalue weighted by Crippen LogP contribution is 2.33. The third-order valence-corrected chi connectivity index (χ3v) is 6.20. The molecule has 1 aromatic rings. The van der Waals surface area contributed by atoms with E-state index in [4.69, 9.17) is 10.8 Å². The molecule has 0 bridgehead atoms. The van der Waals surface area contributed by atoms with Gasteiger partial charge in [0.2, 0.25) is 0 Å². The maximum atomic E-state index is 12.3. The first kappa shape index (κ1) is 13.0. The third kappa shape index (κ3) is 2.69. The van der Waals surface area contributed by atoms with E-state index in [1.807, 2.05) is 0 Å². The summed E-state index contributed by atoms with van der Waals surface area (Å²) in [5, 5.41) is 8.95. The van der Waals surface area contributed by atoms with Crippen molar-refractivity contribution in [3.8, 4) is 0 Å². The molecule has 3 N–H and O–H groups in total. The zero-order valence-electron chi connectivity index (χ0n) is 9.37. The number of aliphatic hydroxyl groups excluding tert-OH is 1. The van der Waals surface area contributed by atoms with Gasteiger partial charge in [0, 0.05) is 24.0 Å². The van der Waals surface area contributed by atoms with E-state index < -0.39 is 10.0 Å². The summed E-state index contributed by atoms with van der Waals surface area (Å²) in [6.45, 7) is 0.372. The number of sulfonamides is 1. The van der Waals surface area contributed by atoms with Crippen molar-refractivity contribution in [2.75, 3.05) is 13.2 Å². The minimum absolute atomic E-state index is 0.0653. The molecule has 0 aromatic carbocycles. The second-order valence-corrected chi connectivity index (χ2v) is 7.28. The van der Waals surface area contributed by atoms with Crippen molar-refractivity contribution in [3.05, 3.63) is 17.0 Å². The summed E-state index contributed by atoms with van der Waals surface area (Å²) in [6.07, 6.45) is 1.77. The molecule has 0 radical (unpaired) electrons. The van der Waals surface area contributed by atoms with Crippen molar-refractivity contribution in [1.29, 1.82) is 0 Å². The van der Waals surface area contributed by atoms with E-state index in [0.29, 0.717) is 10.8 Å². The van der Waals surface area contributed by atoms with Gasteiger partial charge in [-0.15, -0.1) is 11.3 Å². The quantitative estimate of drug-likeness (QED) is 0.785. The number of aliphatic hydroxyl groups is 1. The van der Waals surface area contributed by atoms with E-state index in [9.17, 15) is 8.42 Å². The van der Waals surface area contributed by atoms with Crippen molar-refractivity contribution in [2.45, 2.75) is 29.6 Å². The lowest BCUT2D eigenvalue weighted by atomic mass is 10.5. The molecule has 2 rings (SSSR count). The molecule has 0 amide bonds. The number of hydrogen-bond acceptors (Lipinski definition) is 5. The van der Waals surface area contributed by atoms with Crippen molar-refractivity contribution in [3.63, 3.8) is 0 Å². The number of rotatable bonds is 6. The molecule has 17 heavy (non-hydrogen) atoms. The van der Waals surface area contributed by atoms with Gasteiger partial charge < -0.3 is 10.8 Å². The minimum Gasteiger partial charge on any atom is -0.395 e. The fourth-order valence-electron chi connectivity index (χ4n) is 1.68. The van der Waals surface area contributed by atoms with Crippen LogP contribution in [0.1, 0.15) is 17.7 Å². The van der Waals surface area contributed by atoms with Crippen LogP contribution in [0.5, 0.6) is 0 Å². The van der Waals surface area contributed by atoms with Gasteiger partial charge in [0.25, 0.3) is 10.0 Å². The molecule has 0 unspecified atom stereocenters. The van der Waals surface area contributed by atoms with E-state index in [-0.39, 0.29) is 19.2 Å². The van der Waals surface area contributed by atoms with Crippen LogP contribution in [0.2, 0.25) is 0 Å². The van der Waals surface area contributed by atoms with E-state index in [1.165, 1.54) is 15.6 Å². The van der Waals surface area contributed by atoms with Crippen molar-refractivity contribution in [2.24, 2.45) is 5.73 Å². The van der Waals surface area contributed by atoms with Crippen LogP contribution in [-0.2, 0) is 16.6 Å². The van der Waals surface area contributed by atoms with E-state index in [1.54, 1.807) is 12.1 Å². The predicted octanol–water partition coefficient (Wildman–Crippen LogP) is 0.352. The molecule has 0 saturated heterocycles. The largest absolute Gasteiger partial charge is 0.395 e. The van der Waals surface area contributed by atoms with Gasteiger partial charge in [0.1, 0.15) is 4.21 Å². The molecule has 1 aromatic heterocycles. The van der Waals surface area contributed by atoms with Gasteiger partial charge in [0.15, 0.2) is 0 Å². The van der Waals surface area contributed by atoms with Crippen LogP contribution in [0.4, 0.5) is 0 Å². The number of nitrogens with zero attached hydrogens (tertiary/aromatic N) is 1. The van der Waals surface area contributed by atoms with Gasteiger partial charge in [-0.2, -0.15) is 4.31 Å². The molecular formula is C10H16N2O3S2. The van der Waals surface area contributed by atoms with E-state index in [0.717, 1.165) is 17.7 Å². The molecule has 1 aliphatic rings. The lowest BCUT2D eigenvalue weighted by molar-refractivity contribution is 0.250. The Labute approximate surface area is 105 Å². The monoisotopic (exact) mass is 276 g/mol. The van der Waals surface area contributed by atoms with Crippen LogP contribution in [-0.4, -0.2) is 37.0 Å². The average molecular weight is 276 g/mol. The maximum Gasteiger partial charge on any atom is 0.252 e. The molecular weight excluding hydrogens is 260 g/mol. The van der Waals surface area contributed by atoms with Crippen LogP contribution >= 0.6 is 11.3 Å². The van der Waals surface area contributed by atoms with Crippen LogP contribution in [0.3, 0.4) is 0 Å². The Hall–Kier alpha value is -0.470. The zero-order valence-corrected chi connectivity index (χ0v) is 11.0. The minimum atomic E-state index is -3.45. The first-order valence-electron chi connectivity index (χ1n) is 5.51. The summed E-state index contributed by atoms with van der Waals surface area (Å²) in [7, 11) is -3.45. The average Bonchev–Trinajstić information content (AvgIpc) is 3.01. The predicted molar refractivity (Wildman–Crippen MR) is 66.2 cm³/mol. The normalized spacial score (nSPS) is 16.6. The second kappa shape index (κ2) is 5.03. The smallest absolute Gasteiger partial charge is 0.252 e. The molecule has 96 valence electrons. The first-order valence-corrected chi connectivity index (χ1v) is 7.76. The maximum absolute atomic E-state index is 12.3. The van der Waals surface area contributed by atoms with Crippen LogP contribution in [0, 0.1) is 0 Å². The summed E-state index contributed by atoms with van der Waals surface area (Å²) in [5.41, 5.74) is 5.48. The van der Waals surface area contributed by atoms with Gasteiger partial charge in [0.05, 0.1) is 6.61 Å². The molecule has 0 spiro atoms. The standard InChI is InChI=1S/C10H16N2O3S2/c11-7-9-3-4-10(16-9)17(14,15)12(5-6-13)8-1-2-8/h3-4,8,13H,1-2,5-7,11H2. The van der Waals surface area contributed by atoms with Crippen LogP contribution < -0.4 is 5.73 Å². The highest BCUT2D eigenvalue weighted by molar-refractivity contribution is 7.91. The Bertz CT molecular complexity index is 479. The second-order valence-electron chi connectivity index (χ2n) is 4.00. The summed E-state index contributed by atoms with van der Waals surface area (Å²) >= 11 is 1.20. The Morgan fingerprint density at radius 3 is 2.65 bits per heavy atom. The molecule has 0 aliphatic heterocycles. The Kier molecular flexibility index (Phi) is 3.84. The molecule has 5 nitrogen and oxygen atoms in total. The number of thiophene rings is 1. The highest BCUT2D eigenvalue weighted by Gasteiger charge is 2.38. The summed E-state index contributed by atoms with van der Waals surface area (Å²) in [6, 6.07) is 3.40. The molecule has 1 aliphatic carbocycles. The van der Waals surface area contributed by atoms with Gasteiger partial charge in [-0.3, -0.25) is 0 Å². The number of nitrogens with two attached hydrogens (primary N) is 1.